The molecule has 27 aromatic rings. The third-order valence-corrected chi connectivity index (χ3v) is 25.4. The molecule has 0 amide bonds. The highest BCUT2D eigenvalue weighted by Crippen LogP contribution is 2.48. The quantitative estimate of drug-likeness (QED) is 0.0954. The summed E-state index contributed by atoms with van der Waals surface area (Å²) in [7, 11) is 0. The number of hydrogen-bond donors (Lipinski definition) is 0. The fraction of sp³-hybridized carbons (Fsp3) is 0. The summed E-state index contributed by atoms with van der Waals surface area (Å²) in [6.45, 7) is 0. The van der Waals surface area contributed by atoms with Gasteiger partial charge in [-0.3, -0.25) is 13.2 Å². The Morgan fingerprint density at radius 3 is 0.812 bits per heavy atom. The second-order valence-electron chi connectivity index (χ2n) is 33.8. The van der Waals surface area contributed by atoms with Crippen molar-refractivity contribution >= 4 is 83.1 Å². The van der Waals surface area contributed by atoms with Crippen LogP contribution in [0.1, 0.15) is 0 Å². The van der Waals surface area contributed by atoms with E-state index in [0.717, 1.165) is 194 Å². The van der Waals surface area contributed by atoms with Crippen LogP contribution in [0.15, 0.2) is 486 Å². The average Bonchev–Trinajstić information content (AvgIpc) is 1.56. The van der Waals surface area contributed by atoms with Gasteiger partial charge in [0.15, 0.2) is 69.2 Å². The van der Waals surface area contributed by atoms with Gasteiger partial charge in [-0.1, -0.05) is 425 Å². The molecule has 0 aliphatic rings. The van der Waals surface area contributed by atoms with Gasteiger partial charge in [0.1, 0.15) is 0 Å². The molecule has 0 aliphatic carbocycles. The minimum absolute atomic E-state index is 0.625. The number of fused-ring (bicyclic) bond motifs is 15. The van der Waals surface area contributed by atoms with Crippen LogP contribution in [0.25, 0.3) is 252 Å². The summed E-state index contributed by atoms with van der Waals surface area (Å²) < 4.78 is 26.6. The highest BCUT2D eigenvalue weighted by Gasteiger charge is 2.28. The Morgan fingerprint density at radius 2 is 0.406 bits per heavy atom. The second kappa shape index (κ2) is 35.0. The van der Waals surface area contributed by atoms with Gasteiger partial charge in [-0.25, -0.2) is 44.9 Å². The van der Waals surface area contributed by atoms with Gasteiger partial charge < -0.3 is 13.3 Å². The topological polar surface area (TPSA) is 169 Å². The largest absolute Gasteiger partial charge is 0.438 e. The van der Waals surface area contributed by atoms with Crippen LogP contribution in [0.4, 0.5) is 0 Å². The molecule has 27 rings (SSSR count). The van der Waals surface area contributed by atoms with Gasteiger partial charge in [0.25, 0.3) is 0 Å². The Morgan fingerprint density at radius 1 is 0.152 bits per heavy atom. The number of para-hydroxylation sites is 5. The maximum Gasteiger partial charge on any atom is 0.213 e. The molecule has 0 spiro atoms. The molecule has 0 atom stereocenters. The van der Waals surface area contributed by atoms with E-state index >= 15 is 0 Å². The summed E-state index contributed by atoms with van der Waals surface area (Å²) in [5, 5.41) is 3.43. The van der Waals surface area contributed by atoms with Crippen molar-refractivity contribution in [1.82, 2.24) is 58.1 Å². The zero-order valence-electron chi connectivity index (χ0n) is 74.1. The Kier molecular flexibility index (Phi) is 20.5. The molecule has 15 nitrogen and oxygen atoms in total. The van der Waals surface area contributed by atoms with Crippen molar-refractivity contribution in [3.05, 3.63) is 473 Å². The summed E-state index contributed by atoms with van der Waals surface area (Å²) in [5.41, 5.74) is 33.2. The van der Waals surface area contributed by atoms with Crippen LogP contribution in [0.3, 0.4) is 0 Å². The Labute approximate surface area is 791 Å². The van der Waals surface area contributed by atoms with E-state index in [1.165, 1.54) is 5.56 Å². The van der Waals surface area contributed by atoms with E-state index in [0.29, 0.717) is 52.4 Å². The van der Waals surface area contributed by atoms with Crippen LogP contribution in [0.5, 0.6) is 0 Å². The number of nitrogens with zero attached hydrogens (tertiary/aromatic N) is 12. The molecule has 0 N–H and O–H groups in total. The molecule has 648 valence electrons. The molecular formula is C123H78N12O3. The first-order chi connectivity index (χ1) is 68.4. The maximum atomic E-state index is 6.66. The van der Waals surface area contributed by atoms with Crippen molar-refractivity contribution in [2.45, 2.75) is 0 Å². The average molecular weight is 1770 g/mol. The first-order valence-corrected chi connectivity index (χ1v) is 45.9. The maximum absolute atomic E-state index is 6.66. The fourth-order valence-corrected chi connectivity index (χ4v) is 18.9. The minimum atomic E-state index is 0.625. The summed E-state index contributed by atoms with van der Waals surface area (Å²) in [6, 6.07) is 161. The molecule has 0 bridgehead atoms. The standard InChI is InChI=1S/3C41H26N4O/c1-4-13-27(14-5-1)32-19-12-21-34-37(32)36(41-45(34)33-20-10-11-22-35(33)46-41)28-23-25-31(26-24-28)40-43-38(29-15-6-2-7-16-29)42-39(44-40)30-17-8-3-9-18-30;1-4-13-27(14-5-1)32-20-12-22-35-37(32)45-34-21-11-10-19-33(34)36(41(45)46-35)28-23-25-31(26-24-28)40-43-38(29-15-6-2-7-16-29)42-39(44-40)30-17-8-3-9-18-30;1-4-12-27(13-5-1)32-24-25-36-35(26-32)45-34-19-11-10-18-33(34)37(41(45)46-36)28-20-22-31(23-21-28)40-43-38(29-14-6-2-7-15-29)42-39(44-40)30-16-8-3-9-17-30/h3*1-26H. The van der Waals surface area contributed by atoms with Gasteiger partial charge in [0, 0.05) is 71.8 Å². The summed E-state index contributed by atoms with van der Waals surface area (Å²) in [6.07, 6.45) is 0. The Hall–Kier alpha value is -19.0. The summed E-state index contributed by atoms with van der Waals surface area (Å²) >= 11 is 0. The van der Waals surface area contributed by atoms with Crippen molar-refractivity contribution in [1.29, 1.82) is 0 Å². The predicted molar refractivity (Wildman–Crippen MR) is 556 cm³/mol. The first-order valence-electron chi connectivity index (χ1n) is 45.9. The van der Waals surface area contributed by atoms with Gasteiger partial charge in [-0.15, -0.1) is 0 Å². The van der Waals surface area contributed by atoms with Crippen LogP contribution in [-0.2, 0) is 0 Å². The Balaban J connectivity index is 0.000000110. The molecule has 9 aromatic heterocycles. The van der Waals surface area contributed by atoms with E-state index in [1.54, 1.807) is 0 Å². The van der Waals surface area contributed by atoms with Crippen molar-refractivity contribution in [3.8, 4) is 169 Å². The van der Waals surface area contributed by atoms with Crippen LogP contribution < -0.4 is 0 Å². The summed E-state index contributed by atoms with van der Waals surface area (Å²) in [4.78, 5) is 44.0. The molecular weight excluding hydrogens is 1690 g/mol. The van der Waals surface area contributed by atoms with Gasteiger partial charge in [0.05, 0.1) is 49.8 Å². The van der Waals surface area contributed by atoms with Crippen LogP contribution >= 0.6 is 0 Å². The van der Waals surface area contributed by atoms with Crippen molar-refractivity contribution in [2.24, 2.45) is 0 Å². The van der Waals surface area contributed by atoms with Crippen molar-refractivity contribution < 1.29 is 13.3 Å². The lowest BCUT2D eigenvalue weighted by molar-refractivity contribution is 0.658. The lowest BCUT2D eigenvalue weighted by atomic mass is 9.95. The highest BCUT2D eigenvalue weighted by molar-refractivity contribution is 6.14. The van der Waals surface area contributed by atoms with Crippen LogP contribution in [-0.4, -0.2) is 58.1 Å². The molecule has 9 heterocycles. The first kappa shape index (κ1) is 81.0. The third-order valence-electron chi connectivity index (χ3n) is 25.4. The number of aromatic nitrogens is 12. The molecule has 15 heteroatoms. The monoisotopic (exact) mass is 1770 g/mol. The van der Waals surface area contributed by atoms with E-state index in [4.69, 9.17) is 58.1 Å². The summed E-state index contributed by atoms with van der Waals surface area (Å²) in [5.74, 6) is 5.74. The molecule has 138 heavy (non-hydrogen) atoms. The van der Waals surface area contributed by atoms with Gasteiger partial charge >= 0.3 is 0 Å². The second-order valence-corrected chi connectivity index (χ2v) is 33.8. The predicted octanol–water partition coefficient (Wildman–Crippen LogP) is 31.1. The number of hydrogen-bond acceptors (Lipinski definition) is 12. The smallest absolute Gasteiger partial charge is 0.213 e. The lowest BCUT2D eigenvalue weighted by Gasteiger charge is -2.10. The Bertz CT molecular complexity index is 9030. The number of benzene rings is 18. The van der Waals surface area contributed by atoms with Crippen LogP contribution in [0, 0.1) is 0 Å². The van der Waals surface area contributed by atoms with Crippen molar-refractivity contribution in [3.63, 3.8) is 0 Å². The third kappa shape index (κ3) is 14.9. The van der Waals surface area contributed by atoms with E-state index in [-0.39, 0.29) is 0 Å². The highest BCUT2D eigenvalue weighted by atomic mass is 16.4. The molecule has 0 aliphatic heterocycles. The number of rotatable bonds is 15. The molecule has 0 saturated heterocycles. The van der Waals surface area contributed by atoms with E-state index < -0.39 is 0 Å². The zero-order chi connectivity index (χ0) is 91.4. The SMILES string of the molecule is c1ccc(-c2ccc3oc4c(-c5ccc(-c6nc(-c7ccccc7)nc(-c7ccccc7)n6)cc5)c5ccccc5n4c3c2)cc1.c1ccc(-c2nc(-c3ccccc3)nc(-c3ccc(-c4c5c(-c6ccccc6)cccc5n5c4oc4ccccc45)cc3)n2)cc1.c1ccc(-c2nc(-c3ccccc3)nc(-c3ccc(-c4c5ccccc5n5c4oc4cccc(-c6ccccc6)c45)cc3)n2)cc1. The molecule has 0 saturated carbocycles. The number of oxazole rings is 3. The van der Waals surface area contributed by atoms with E-state index in [9.17, 15) is 0 Å². The molecule has 0 unspecified atom stereocenters. The lowest BCUT2D eigenvalue weighted by Crippen LogP contribution is -2.00. The van der Waals surface area contributed by atoms with Gasteiger partial charge in [0.2, 0.25) is 17.1 Å². The molecule has 0 fully saturated rings. The van der Waals surface area contributed by atoms with E-state index in [1.807, 2.05) is 212 Å². The van der Waals surface area contributed by atoms with Crippen molar-refractivity contribution in [2.75, 3.05) is 0 Å². The van der Waals surface area contributed by atoms with E-state index in [2.05, 4.69) is 274 Å². The van der Waals surface area contributed by atoms with Gasteiger partial charge in [-0.2, -0.15) is 0 Å². The zero-order valence-corrected chi connectivity index (χ0v) is 74.1. The molecule has 18 aromatic carbocycles. The minimum Gasteiger partial charge on any atom is -0.438 e. The molecule has 0 radical (unpaired) electrons. The normalized spacial score (nSPS) is 11.5. The van der Waals surface area contributed by atoms with Gasteiger partial charge in [-0.05, 0) is 93.0 Å². The fourth-order valence-electron chi connectivity index (χ4n) is 18.9. The van der Waals surface area contributed by atoms with Crippen LogP contribution in [0.2, 0.25) is 0 Å².